The first-order valence-electron chi connectivity index (χ1n) is 17.5. The second-order valence-corrected chi connectivity index (χ2v) is 10.3. The lowest BCUT2D eigenvalue weighted by Crippen LogP contribution is -1.93. The Hall–Kier alpha value is -5.46. The van der Waals surface area contributed by atoms with E-state index in [0.29, 0.717) is 44.2 Å². The molecule has 42 heavy (non-hydrogen) atoms. The summed E-state index contributed by atoms with van der Waals surface area (Å²) in [4.78, 5) is 0. The van der Waals surface area contributed by atoms with Gasteiger partial charge in [0.1, 0.15) is 0 Å². The van der Waals surface area contributed by atoms with Crippen molar-refractivity contribution in [3.63, 3.8) is 0 Å². The zero-order valence-electron chi connectivity index (χ0n) is 29.6. The molecule has 0 atom stereocenters. The van der Waals surface area contributed by atoms with Crippen molar-refractivity contribution in [2.24, 2.45) is 0 Å². The topological polar surface area (TPSA) is 0 Å². The van der Waals surface area contributed by atoms with Gasteiger partial charge in [-0.15, -0.1) is 0 Å². The van der Waals surface area contributed by atoms with Gasteiger partial charge in [-0.25, -0.2) is 0 Å². The van der Waals surface area contributed by atoms with Crippen LogP contribution in [-0.4, -0.2) is 0 Å². The molecule has 0 fully saturated rings. The van der Waals surface area contributed by atoms with E-state index in [1.165, 1.54) is 0 Å². The zero-order valence-corrected chi connectivity index (χ0v) is 22.6. The Morgan fingerprint density at radius 2 is 0.905 bits per heavy atom. The molecular formula is C42H28. The van der Waals surface area contributed by atoms with Crippen LogP contribution in [0.15, 0.2) is 170 Å². The summed E-state index contributed by atoms with van der Waals surface area (Å²) in [6.45, 7) is 0. The quantitative estimate of drug-likeness (QED) is 0.195. The third kappa shape index (κ3) is 4.08. The Bertz CT molecular complexity index is 2600. The number of rotatable bonds is 4. The Morgan fingerprint density at radius 1 is 0.357 bits per heavy atom. The fraction of sp³-hybridized carbons (Fsp3) is 0. The monoisotopic (exact) mass is 539 g/mol. The molecule has 0 saturated heterocycles. The second-order valence-electron chi connectivity index (χ2n) is 10.3. The molecular weight excluding hydrogens is 504 g/mol. The predicted molar refractivity (Wildman–Crippen MR) is 181 cm³/mol. The number of hydrogen-bond acceptors (Lipinski definition) is 0. The summed E-state index contributed by atoms with van der Waals surface area (Å²) in [5.74, 6) is 0. The Balaban J connectivity index is 1.69. The molecule has 0 heteroatoms. The van der Waals surface area contributed by atoms with Gasteiger partial charge in [0.2, 0.25) is 0 Å². The van der Waals surface area contributed by atoms with E-state index in [4.69, 9.17) is 2.74 Å². The minimum absolute atomic E-state index is 0.0260. The van der Waals surface area contributed by atoms with Crippen molar-refractivity contribution in [2.75, 3.05) is 0 Å². The first-order valence-corrected chi connectivity index (χ1v) is 14.0. The fourth-order valence-corrected chi connectivity index (χ4v) is 5.96. The molecule has 8 aromatic carbocycles. The molecule has 0 radical (unpaired) electrons. The lowest BCUT2D eigenvalue weighted by molar-refractivity contribution is 1.62. The van der Waals surface area contributed by atoms with Crippen LogP contribution >= 0.6 is 0 Å². The van der Waals surface area contributed by atoms with Crippen LogP contribution in [0.1, 0.15) is 9.60 Å². The van der Waals surface area contributed by atoms with Gasteiger partial charge in [-0.1, -0.05) is 152 Å². The van der Waals surface area contributed by atoms with Gasteiger partial charge in [0.05, 0.1) is 9.60 Å². The van der Waals surface area contributed by atoms with Crippen molar-refractivity contribution in [1.82, 2.24) is 0 Å². The number of benzene rings is 8. The third-order valence-corrected chi connectivity index (χ3v) is 7.86. The second kappa shape index (κ2) is 10.2. The van der Waals surface area contributed by atoms with Crippen molar-refractivity contribution >= 4 is 32.3 Å². The van der Waals surface area contributed by atoms with Crippen molar-refractivity contribution in [3.8, 4) is 44.5 Å². The van der Waals surface area contributed by atoms with Crippen LogP contribution in [0.5, 0.6) is 0 Å². The molecule has 0 spiro atoms. The van der Waals surface area contributed by atoms with Crippen LogP contribution in [0.3, 0.4) is 0 Å². The van der Waals surface area contributed by atoms with Crippen LogP contribution in [-0.2, 0) is 0 Å². The molecule has 196 valence electrons. The first-order chi connectivity index (χ1) is 23.8. The van der Waals surface area contributed by atoms with Crippen LogP contribution in [0.2, 0.25) is 0 Å². The van der Waals surface area contributed by atoms with E-state index in [9.17, 15) is 6.85 Å². The maximum atomic E-state index is 9.84. The summed E-state index contributed by atoms with van der Waals surface area (Å²) in [7, 11) is 0. The molecule has 0 nitrogen and oxygen atoms in total. The van der Waals surface area contributed by atoms with Crippen LogP contribution in [0.4, 0.5) is 0 Å². The molecule has 0 bridgehead atoms. The summed E-state index contributed by atoms with van der Waals surface area (Å²) in [5, 5.41) is 3.14. The van der Waals surface area contributed by atoms with Gasteiger partial charge in [0.15, 0.2) is 0 Å². The highest BCUT2D eigenvalue weighted by Crippen LogP contribution is 2.46. The molecule has 0 amide bonds. The van der Waals surface area contributed by atoms with Gasteiger partial charge in [0.25, 0.3) is 0 Å². The molecule has 8 rings (SSSR count). The molecule has 0 N–H and O–H groups in total. The molecule has 0 saturated carbocycles. The summed E-state index contributed by atoms with van der Waals surface area (Å²) in [6, 6.07) is 39.0. The average Bonchev–Trinajstić information content (AvgIpc) is 3.15. The normalized spacial score (nSPS) is 13.7. The lowest BCUT2D eigenvalue weighted by Gasteiger charge is -2.20. The highest BCUT2D eigenvalue weighted by molar-refractivity contribution is 6.22. The van der Waals surface area contributed by atoms with E-state index >= 15 is 0 Å². The van der Waals surface area contributed by atoms with Crippen molar-refractivity contribution in [2.45, 2.75) is 0 Å². The zero-order chi connectivity index (χ0) is 34.0. The molecule has 0 aliphatic rings. The molecule has 0 aromatic heterocycles. The molecule has 0 aliphatic carbocycles. The Kier molecular flexibility index (Phi) is 4.38. The van der Waals surface area contributed by atoms with E-state index in [2.05, 4.69) is 6.07 Å². The highest BCUT2D eigenvalue weighted by atomic mass is 14.2. The minimum Gasteiger partial charge on any atom is -0.0622 e. The highest BCUT2D eigenvalue weighted by Gasteiger charge is 2.18. The maximum absolute atomic E-state index is 9.84. The predicted octanol–water partition coefficient (Wildman–Crippen LogP) is 11.8. The Labute approximate surface area is 256 Å². The minimum atomic E-state index is -0.381. The average molecular weight is 540 g/mol. The lowest BCUT2D eigenvalue weighted by atomic mass is 9.83. The van der Waals surface area contributed by atoms with E-state index in [1.807, 2.05) is 121 Å². The summed E-state index contributed by atoms with van der Waals surface area (Å²) >= 11 is 0. The fourth-order valence-electron chi connectivity index (χ4n) is 5.96. The largest absolute Gasteiger partial charge is 0.0636 e. The van der Waals surface area contributed by atoms with Crippen molar-refractivity contribution in [1.29, 1.82) is 0 Å². The molecule has 8 aromatic rings. The van der Waals surface area contributed by atoms with E-state index in [-0.39, 0.29) is 53.1 Å². The van der Waals surface area contributed by atoms with Crippen LogP contribution in [0.25, 0.3) is 76.8 Å². The van der Waals surface area contributed by atoms with Crippen molar-refractivity contribution in [3.05, 3.63) is 170 Å². The number of fused-ring (bicyclic) bond motifs is 3. The number of hydrogen-bond donors (Lipinski definition) is 0. The smallest absolute Gasteiger partial charge is 0.0622 e. The van der Waals surface area contributed by atoms with E-state index < -0.39 is 0 Å². The SMILES string of the molecule is [2H]c1c([2H])c([2H])c2c(-c3cc(-c4ccccc4)c4ccccc4c3)c3c([2H])c(-c4ccccc4)c([2H])c([2H])c3c(-c3ccccc3)c2c1[2H]. The standard InChI is InChI=1S/C42H28/c1-4-14-29(15-5-1)32-24-25-38-40(27-32)42(37-23-13-12-22-36(37)41(38)31-18-8-3-9-19-31)34-26-33-20-10-11-21-35(33)39(28-34)30-16-6-2-7-17-30/h1-28H/i12D,13D,22D,23D,24D,25D,27D. The van der Waals surface area contributed by atoms with Gasteiger partial charge >= 0.3 is 0 Å². The van der Waals surface area contributed by atoms with Crippen molar-refractivity contribution < 1.29 is 9.60 Å². The molecule has 0 aliphatic heterocycles. The molecule has 0 unspecified atom stereocenters. The van der Waals surface area contributed by atoms with Gasteiger partial charge in [-0.2, -0.15) is 0 Å². The first kappa shape index (κ1) is 18.1. The Morgan fingerprint density at radius 3 is 1.60 bits per heavy atom. The van der Waals surface area contributed by atoms with Gasteiger partial charge in [-0.3, -0.25) is 0 Å². The van der Waals surface area contributed by atoms with Gasteiger partial charge in [0, 0.05) is 0 Å². The summed E-state index contributed by atoms with van der Waals surface area (Å²) < 4.78 is 64.9. The summed E-state index contributed by atoms with van der Waals surface area (Å²) in [5.41, 5.74) is 4.97. The van der Waals surface area contributed by atoms with Crippen LogP contribution in [0, 0.1) is 0 Å². The van der Waals surface area contributed by atoms with E-state index in [0.717, 1.165) is 21.9 Å². The van der Waals surface area contributed by atoms with Gasteiger partial charge < -0.3 is 0 Å². The van der Waals surface area contributed by atoms with E-state index in [1.54, 1.807) is 0 Å². The summed E-state index contributed by atoms with van der Waals surface area (Å²) in [6.07, 6.45) is 0. The third-order valence-electron chi connectivity index (χ3n) is 7.86. The van der Waals surface area contributed by atoms with Crippen LogP contribution < -0.4 is 0 Å². The molecule has 0 heterocycles. The maximum Gasteiger partial charge on any atom is 0.0636 e. The van der Waals surface area contributed by atoms with Gasteiger partial charge in [-0.05, 0) is 95.0 Å².